The van der Waals surface area contributed by atoms with E-state index in [0.29, 0.717) is 71.5 Å². The highest BCUT2D eigenvalue weighted by Crippen LogP contribution is 2.38. The summed E-state index contributed by atoms with van der Waals surface area (Å²) in [7, 11) is 0. The Morgan fingerprint density at radius 2 is 1.76 bits per heavy atom. The number of aromatic nitrogens is 3. The van der Waals surface area contributed by atoms with Gasteiger partial charge in [-0.1, -0.05) is 34.1 Å². The van der Waals surface area contributed by atoms with Crippen molar-refractivity contribution in [3.8, 4) is 17.0 Å². The third-order valence-electron chi connectivity index (χ3n) is 11.2. The van der Waals surface area contributed by atoms with Crippen molar-refractivity contribution < 1.29 is 33.5 Å². The summed E-state index contributed by atoms with van der Waals surface area (Å²) in [6.45, 7) is 3.97. The second kappa shape index (κ2) is 15.6. The Hall–Kier alpha value is -6.11. The lowest BCUT2D eigenvalue weighted by molar-refractivity contribution is -0.137. The maximum Gasteiger partial charge on any atom is 0.255 e. The SMILES string of the molecule is O=C1CCC(N2Cc3cc(CN4CCN(c5ccc(-c6ccc7c(c6)C(=O)N(C(C(=O)Nc6nccs6)c6cc(F)ccc6O)C7)nn5)CC4)c(Br)cc3C2=O)C(=O)N1. The van der Waals surface area contributed by atoms with Crippen LogP contribution in [-0.4, -0.2) is 96.7 Å². The normalized spacial score (nSPS) is 18.5. The molecule has 2 fully saturated rings. The molecule has 6 heterocycles. The molecule has 3 aromatic carbocycles. The van der Waals surface area contributed by atoms with Gasteiger partial charge < -0.3 is 19.8 Å². The van der Waals surface area contributed by atoms with E-state index >= 15 is 0 Å². The molecule has 0 saturated carbocycles. The van der Waals surface area contributed by atoms with Gasteiger partial charge in [0, 0.05) is 90.5 Å². The summed E-state index contributed by atoms with van der Waals surface area (Å²) in [5, 5.41) is 26.7. The molecule has 0 radical (unpaired) electrons. The Labute approximate surface area is 349 Å². The van der Waals surface area contributed by atoms with Crippen LogP contribution in [0.15, 0.2) is 76.7 Å². The number of thiazole rings is 1. The number of nitrogens with one attached hydrogen (secondary N) is 2. The molecule has 4 aliphatic heterocycles. The number of hydrogen-bond donors (Lipinski definition) is 3. The molecule has 2 unspecified atom stereocenters. The zero-order chi connectivity index (χ0) is 40.9. The third kappa shape index (κ3) is 7.42. The number of fused-ring (bicyclic) bond motifs is 2. The topological polar surface area (TPSA) is 181 Å². The summed E-state index contributed by atoms with van der Waals surface area (Å²) in [5.74, 6) is -2.32. The fraction of sp³-hybridized carbons (Fsp3) is 0.268. The van der Waals surface area contributed by atoms with Gasteiger partial charge in [0.1, 0.15) is 23.7 Å². The lowest BCUT2D eigenvalue weighted by Crippen LogP contribution is -2.52. The number of benzene rings is 3. The smallest absolute Gasteiger partial charge is 0.255 e. The minimum atomic E-state index is -1.34. The van der Waals surface area contributed by atoms with Crippen LogP contribution >= 0.6 is 27.3 Å². The summed E-state index contributed by atoms with van der Waals surface area (Å²) in [4.78, 5) is 76.4. The number of aromatic hydroxyl groups is 1. The largest absolute Gasteiger partial charge is 0.508 e. The van der Waals surface area contributed by atoms with Crippen LogP contribution in [0, 0.1) is 5.82 Å². The molecule has 2 saturated heterocycles. The number of piperidine rings is 1. The van der Waals surface area contributed by atoms with Gasteiger partial charge in [0.25, 0.3) is 17.7 Å². The lowest BCUT2D eigenvalue weighted by atomic mass is 10.0. The first-order valence-electron chi connectivity index (χ1n) is 18.9. The Kier molecular flexibility index (Phi) is 10.1. The Morgan fingerprint density at radius 3 is 2.51 bits per heavy atom. The van der Waals surface area contributed by atoms with Gasteiger partial charge >= 0.3 is 0 Å². The van der Waals surface area contributed by atoms with Crippen molar-refractivity contribution in [2.24, 2.45) is 0 Å². The average Bonchev–Trinajstić information content (AvgIpc) is 3.94. The molecule has 0 bridgehead atoms. The van der Waals surface area contributed by atoms with Crippen molar-refractivity contribution in [1.82, 2.24) is 35.2 Å². The van der Waals surface area contributed by atoms with Gasteiger partial charge in [0.15, 0.2) is 10.9 Å². The minimum Gasteiger partial charge on any atom is -0.508 e. The molecule has 2 aromatic heterocycles. The van der Waals surface area contributed by atoms with Crippen LogP contribution in [0.3, 0.4) is 0 Å². The van der Waals surface area contributed by atoms with Gasteiger partial charge in [-0.05, 0) is 65.6 Å². The monoisotopic (exact) mass is 879 g/mol. The van der Waals surface area contributed by atoms with E-state index in [9.17, 15) is 33.5 Å². The highest BCUT2D eigenvalue weighted by molar-refractivity contribution is 9.10. The number of anilines is 2. The summed E-state index contributed by atoms with van der Waals surface area (Å²) in [6, 6.07) is 14.2. The highest BCUT2D eigenvalue weighted by atomic mass is 79.9. The van der Waals surface area contributed by atoms with Crippen LogP contribution in [0.1, 0.15) is 61.9 Å². The van der Waals surface area contributed by atoms with Gasteiger partial charge in [-0.15, -0.1) is 21.5 Å². The maximum atomic E-state index is 14.4. The summed E-state index contributed by atoms with van der Waals surface area (Å²) >= 11 is 4.85. The maximum absolute atomic E-state index is 14.4. The van der Waals surface area contributed by atoms with Crippen molar-refractivity contribution in [3.63, 3.8) is 0 Å². The molecule has 9 rings (SSSR count). The first kappa shape index (κ1) is 38.4. The zero-order valence-corrected chi connectivity index (χ0v) is 33.6. The Bertz CT molecular complexity index is 2530. The van der Waals surface area contributed by atoms with Gasteiger partial charge in [-0.25, -0.2) is 9.37 Å². The van der Waals surface area contributed by atoms with Crippen molar-refractivity contribution in [3.05, 3.63) is 116 Å². The summed E-state index contributed by atoms with van der Waals surface area (Å²) in [5.41, 5.74) is 4.65. The molecule has 2 atom stereocenters. The number of phenols is 1. The number of hydrogen-bond acceptors (Lipinski definition) is 12. The predicted molar refractivity (Wildman–Crippen MR) is 217 cm³/mol. The van der Waals surface area contributed by atoms with Crippen LogP contribution in [0.2, 0.25) is 0 Å². The van der Waals surface area contributed by atoms with Gasteiger partial charge in [-0.2, -0.15) is 0 Å². The molecule has 4 aliphatic rings. The number of halogens is 2. The van der Waals surface area contributed by atoms with Gasteiger partial charge in [-0.3, -0.25) is 39.5 Å². The highest BCUT2D eigenvalue weighted by Gasteiger charge is 2.41. The molecular formula is C41H35BrFN9O6S. The van der Waals surface area contributed by atoms with Crippen molar-refractivity contribution in [2.45, 2.75) is 44.6 Å². The van der Waals surface area contributed by atoms with E-state index < -0.39 is 35.6 Å². The van der Waals surface area contributed by atoms with Crippen molar-refractivity contribution >= 4 is 67.8 Å². The second-order valence-electron chi connectivity index (χ2n) is 14.8. The second-order valence-corrected chi connectivity index (χ2v) is 16.5. The van der Waals surface area contributed by atoms with Crippen LogP contribution in [0.4, 0.5) is 15.3 Å². The van der Waals surface area contributed by atoms with Crippen molar-refractivity contribution in [1.29, 1.82) is 0 Å². The number of rotatable bonds is 9. The van der Waals surface area contributed by atoms with E-state index in [1.807, 2.05) is 30.3 Å². The third-order valence-corrected chi connectivity index (χ3v) is 12.6. The number of amides is 5. The average molecular weight is 881 g/mol. The number of piperazine rings is 1. The van der Waals surface area contributed by atoms with E-state index in [4.69, 9.17) is 0 Å². The summed E-state index contributed by atoms with van der Waals surface area (Å²) < 4.78 is 15.2. The molecular weight excluding hydrogens is 845 g/mol. The first-order valence-corrected chi connectivity index (χ1v) is 20.6. The molecule has 15 nitrogen and oxygen atoms in total. The molecule has 0 aliphatic carbocycles. The standard InChI is InChI=1S/C41H35BrFN9O6S/c42-30-18-28-24(21-51(39(28)57)32-5-8-35(54)45-37(32)55)15-25(30)19-49-10-12-50(13-11-49)34-7-4-31(47-48-34)22-1-2-23-20-52(40(58)27(23)16-22)36(29-17-26(43)3-6-33(29)53)38(56)46-41-44-9-14-59-41/h1-4,6-7,9,14-18,32,36,53H,5,8,10-13,19-21H2,(H,44,46,56)(H,45,54,55). The molecule has 3 N–H and O–H groups in total. The minimum absolute atomic E-state index is 0.0448. The number of carbonyl (C=O) groups excluding carboxylic acids is 5. The number of phenolic OH excluding ortho intramolecular Hbond substituents is 1. The number of carbonyl (C=O) groups is 5. The van der Waals surface area contributed by atoms with Crippen LogP contribution in [-0.2, 0) is 34.0 Å². The van der Waals surface area contributed by atoms with E-state index in [-0.39, 0.29) is 36.1 Å². The Balaban J connectivity index is 0.844. The van der Waals surface area contributed by atoms with Gasteiger partial charge in [0.05, 0.1) is 5.69 Å². The van der Waals surface area contributed by atoms with E-state index in [0.717, 1.165) is 46.9 Å². The fourth-order valence-electron chi connectivity index (χ4n) is 8.13. The van der Waals surface area contributed by atoms with Gasteiger partial charge in [0.2, 0.25) is 11.8 Å². The zero-order valence-electron chi connectivity index (χ0n) is 31.2. The predicted octanol–water partition coefficient (Wildman–Crippen LogP) is 4.63. The molecule has 5 aromatic rings. The molecule has 18 heteroatoms. The molecule has 59 heavy (non-hydrogen) atoms. The molecule has 5 amide bonds. The van der Waals surface area contributed by atoms with E-state index in [2.05, 4.69) is 51.5 Å². The van der Waals surface area contributed by atoms with Crippen LogP contribution in [0.25, 0.3) is 11.3 Å². The number of nitrogens with zero attached hydrogens (tertiary/aromatic N) is 7. The van der Waals surface area contributed by atoms with Crippen LogP contribution < -0.4 is 15.5 Å². The first-order chi connectivity index (χ1) is 28.5. The molecule has 0 spiro atoms. The van der Waals surface area contributed by atoms with Crippen molar-refractivity contribution in [2.75, 3.05) is 36.4 Å². The van der Waals surface area contributed by atoms with E-state index in [1.54, 1.807) is 22.4 Å². The fourth-order valence-corrected chi connectivity index (χ4v) is 9.13. The number of imide groups is 1. The summed E-state index contributed by atoms with van der Waals surface area (Å²) in [6.07, 6.45) is 2.04. The Morgan fingerprint density at radius 1 is 0.949 bits per heavy atom. The molecule has 300 valence electrons. The van der Waals surface area contributed by atoms with Crippen LogP contribution in [0.5, 0.6) is 5.75 Å². The lowest BCUT2D eigenvalue weighted by Gasteiger charge is -2.35. The quantitative estimate of drug-likeness (QED) is 0.176. The van der Waals surface area contributed by atoms with E-state index in [1.165, 1.54) is 22.4 Å².